The molecule has 0 aliphatic heterocycles. The Morgan fingerprint density at radius 2 is 1.45 bits per heavy atom. The summed E-state index contributed by atoms with van der Waals surface area (Å²) >= 11 is 0. The van der Waals surface area contributed by atoms with E-state index < -0.39 is 17.4 Å². The van der Waals surface area contributed by atoms with E-state index in [0.717, 1.165) is 0 Å². The van der Waals surface area contributed by atoms with Gasteiger partial charge in [0, 0.05) is 0 Å². The highest BCUT2D eigenvalue weighted by Crippen LogP contribution is 2.33. The van der Waals surface area contributed by atoms with Crippen LogP contribution in [-0.4, -0.2) is 25.2 Å². The molecule has 0 aromatic carbocycles. The molecule has 4 heteroatoms. The maximum atomic E-state index is 12.4. The summed E-state index contributed by atoms with van der Waals surface area (Å²) in [6.45, 7) is 11.0. The van der Waals surface area contributed by atoms with Gasteiger partial charge in [-0.3, -0.25) is 9.59 Å². The fourth-order valence-corrected chi connectivity index (χ4v) is 1.98. The first-order valence-electron chi connectivity index (χ1n) is 7.48. The van der Waals surface area contributed by atoms with Crippen LogP contribution in [0.2, 0.25) is 0 Å². The van der Waals surface area contributed by atoms with Crippen molar-refractivity contribution in [3.8, 4) is 0 Å². The largest absolute Gasteiger partial charge is 0.465 e. The highest BCUT2D eigenvalue weighted by Gasteiger charge is 2.47. The summed E-state index contributed by atoms with van der Waals surface area (Å²) in [6, 6.07) is 0. The van der Waals surface area contributed by atoms with Crippen molar-refractivity contribution in [3.05, 3.63) is 49.6 Å². The number of hydrogen-bond acceptors (Lipinski definition) is 4. The van der Waals surface area contributed by atoms with Crippen molar-refractivity contribution in [2.75, 3.05) is 13.2 Å². The monoisotopic (exact) mass is 306 g/mol. The fraction of sp³-hybridized carbons (Fsp3) is 0.444. The Morgan fingerprint density at radius 1 is 0.955 bits per heavy atom. The lowest BCUT2D eigenvalue weighted by molar-refractivity contribution is -0.172. The summed E-state index contributed by atoms with van der Waals surface area (Å²) in [7, 11) is 0. The number of allylic oxidation sites excluding steroid dienone is 6. The van der Waals surface area contributed by atoms with Crippen LogP contribution in [0, 0.1) is 5.41 Å². The maximum absolute atomic E-state index is 12.4. The minimum Gasteiger partial charge on any atom is -0.465 e. The molecule has 0 saturated carbocycles. The van der Waals surface area contributed by atoms with E-state index in [-0.39, 0.29) is 19.6 Å². The number of hydrogen-bond donors (Lipinski definition) is 0. The molecule has 0 amide bonds. The molecule has 22 heavy (non-hydrogen) atoms. The predicted octanol–water partition coefficient (Wildman–Crippen LogP) is 3.75. The van der Waals surface area contributed by atoms with Gasteiger partial charge >= 0.3 is 11.9 Å². The minimum absolute atomic E-state index is 0.216. The van der Waals surface area contributed by atoms with Crippen molar-refractivity contribution in [1.29, 1.82) is 0 Å². The molecule has 0 aromatic heterocycles. The summed E-state index contributed by atoms with van der Waals surface area (Å²) < 4.78 is 10.2. The quantitative estimate of drug-likeness (QED) is 0.331. The third-order valence-corrected chi connectivity index (χ3v) is 3.08. The zero-order chi connectivity index (χ0) is 16.8. The van der Waals surface area contributed by atoms with Crippen LogP contribution < -0.4 is 0 Å². The van der Waals surface area contributed by atoms with Crippen LogP contribution in [0.3, 0.4) is 0 Å². The topological polar surface area (TPSA) is 52.6 Å². The first-order valence-corrected chi connectivity index (χ1v) is 7.48. The summed E-state index contributed by atoms with van der Waals surface area (Å²) in [4.78, 5) is 24.8. The SMILES string of the molecule is C=C/C=C/CCC(C/C=C/C=C)(C(=O)OCC)C(=O)OCC. The van der Waals surface area contributed by atoms with Gasteiger partial charge in [-0.05, 0) is 33.1 Å². The lowest BCUT2D eigenvalue weighted by Crippen LogP contribution is -2.41. The molecule has 0 fully saturated rings. The molecule has 0 atom stereocenters. The molecule has 0 radical (unpaired) electrons. The van der Waals surface area contributed by atoms with Crippen molar-refractivity contribution in [3.63, 3.8) is 0 Å². The number of rotatable bonds is 11. The molecule has 122 valence electrons. The molecular weight excluding hydrogens is 280 g/mol. The van der Waals surface area contributed by atoms with Crippen LogP contribution in [0.15, 0.2) is 49.6 Å². The molecule has 0 rings (SSSR count). The van der Waals surface area contributed by atoms with E-state index in [1.165, 1.54) is 0 Å². The van der Waals surface area contributed by atoms with Gasteiger partial charge in [0.05, 0.1) is 13.2 Å². The van der Waals surface area contributed by atoms with Gasteiger partial charge in [0.1, 0.15) is 0 Å². The van der Waals surface area contributed by atoms with Gasteiger partial charge in [0.15, 0.2) is 5.41 Å². The molecule has 0 spiro atoms. The van der Waals surface area contributed by atoms with Gasteiger partial charge < -0.3 is 9.47 Å². The fourth-order valence-electron chi connectivity index (χ4n) is 1.98. The van der Waals surface area contributed by atoms with Crippen LogP contribution in [-0.2, 0) is 19.1 Å². The molecule has 0 aliphatic carbocycles. The van der Waals surface area contributed by atoms with Gasteiger partial charge in [0.25, 0.3) is 0 Å². The first kappa shape index (κ1) is 19.9. The molecule has 0 bridgehead atoms. The summed E-state index contributed by atoms with van der Waals surface area (Å²) in [5, 5.41) is 0. The number of carbonyl (C=O) groups is 2. The van der Waals surface area contributed by atoms with Crippen LogP contribution in [0.1, 0.15) is 33.1 Å². The molecular formula is C18H26O4. The van der Waals surface area contributed by atoms with Gasteiger partial charge in [-0.15, -0.1) is 0 Å². The Balaban J connectivity index is 5.45. The highest BCUT2D eigenvalue weighted by atomic mass is 16.6. The summed E-state index contributed by atoms with van der Waals surface area (Å²) in [5.74, 6) is -1.09. The van der Waals surface area contributed by atoms with E-state index in [4.69, 9.17) is 9.47 Å². The standard InChI is InChI=1S/C18H26O4/c1-5-9-11-13-15-18(14-12-10-6-2,16(19)21-7-3)17(20)22-8-4/h5-6,9-12H,1-2,7-8,13-15H2,3-4H3/b11-9+,12-10+. The second kappa shape index (κ2) is 11.5. The molecule has 0 heterocycles. The van der Waals surface area contributed by atoms with E-state index >= 15 is 0 Å². The Kier molecular flexibility index (Phi) is 10.4. The van der Waals surface area contributed by atoms with Gasteiger partial charge in [-0.2, -0.15) is 0 Å². The van der Waals surface area contributed by atoms with E-state index in [0.29, 0.717) is 12.8 Å². The Labute approximate surface area is 133 Å². The summed E-state index contributed by atoms with van der Waals surface area (Å²) in [5.41, 5.74) is -1.32. The molecule has 0 saturated heterocycles. The predicted molar refractivity (Wildman–Crippen MR) is 88.2 cm³/mol. The average molecular weight is 306 g/mol. The third kappa shape index (κ3) is 6.12. The average Bonchev–Trinajstić information content (AvgIpc) is 2.50. The molecule has 0 unspecified atom stereocenters. The highest BCUT2D eigenvalue weighted by molar-refractivity contribution is 6.00. The van der Waals surface area contributed by atoms with Crippen molar-refractivity contribution >= 4 is 11.9 Å². The number of esters is 2. The minimum atomic E-state index is -1.32. The lowest BCUT2D eigenvalue weighted by Gasteiger charge is -2.27. The van der Waals surface area contributed by atoms with Gasteiger partial charge in [0.2, 0.25) is 0 Å². The van der Waals surface area contributed by atoms with Crippen molar-refractivity contribution in [2.45, 2.75) is 33.1 Å². The van der Waals surface area contributed by atoms with E-state index in [1.807, 2.05) is 6.08 Å². The molecule has 0 N–H and O–H groups in total. The number of ether oxygens (including phenoxy) is 2. The van der Waals surface area contributed by atoms with Crippen LogP contribution >= 0.6 is 0 Å². The Morgan fingerprint density at radius 3 is 1.91 bits per heavy atom. The van der Waals surface area contributed by atoms with Crippen LogP contribution in [0.5, 0.6) is 0 Å². The zero-order valence-corrected chi connectivity index (χ0v) is 13.5. The maximum Gasteiger partial charge on any atom is 0.323 e. The van der Waals surface area contributed by atoms with Crippen LogP contribution in [0.25, 0.3) is 0 Å². The van der Waals surface area contributed by atoms with Gasteiger partial charge in [-0.25, -0.2) is 0 Å². The molecule has 0 aliphatic rings. The van der Waals surface area contributed by atoms with Crippen molar-refractivity contribution in [2.24, 2.45) is 5.41 Å². The van der Waals surface area contributed by atoms with E-state index in [9.17, 15) is 9.59 Å². The smallest absolute Gasteiger partial charge is 0.323 e. The second-order valence-corrected chi connectivity index (χ2v) is 4.59. The van der Waals surface area contributed by atoms with Crippen molar-refractivity contribution in [1.82, 2.24) is 0 Å². The van der Waals surface area contributed by atoms with Crippen molar-refractivity contribution < 1.29 is 19.1 Å². The normalized spacial score (nSPS) is 11.5. The second-order valence-electron chi connectivity index (χ2n) is 4.59. The molecule has 4 nitrogen and oxygen atoms in total. The third-order valence-electron chi connectivity index (χ3n) is 3.08. The number of carbonyl (C=O) groups excluding carboxylic acids is 2. The molecule has 0 aromatic rings. The Hall–Kier alpha value is -2.10. The van der Waals surface area contributed by atoms with E-state index in [1.54, 1.807) is 44.2 Å². The lowest BCUT2D eigenvalue weighted by atomic mass is 9.79. The first-order chi connectivity index (χ1) is 10.6. The van der Waals surface area contributed by atoms with Gasteiger partial charge in [-0.1, -0.05) is 49.6 Å². The Bertz CT molecular complexity index is 414. The van der Waals surface area contributed by atoms with Crippen LogP contribution in [0.4, 0.5) is 0 Å². The van der Waals surface area contributed by atoms with E-state index in [2.05, 4.69) is 13.2 Å². The zero-order valence-electron chi connectivity index (χ0n) is 13.5. The summed E-state index contributed by atoms with van der Waals surface area (Å²) in [6.07, 6.45) is 11.4.